The van der Waals surface area contributed by atoms with E-state index in [1.54, 1.807) is 4.90 Å². The van der Waals surface area contributed by atoms with Gasteiger partial charge in [-0.3, -0.25) is 19.4 Å². The first-order valence-corrected chi connectivity index (χ1v) is 14.6. The summed E-state index contributed by atoms with van der Waals surface area (Å²) in [6.07, 6.45) is 3.63. The third-order valence-electron chi connectivity index (χ3n) is 9.31. The maximum absolute atomic E-state index is 14.9. The van der Waals surface area contributed by atoms with Gasteiger partial charge in [-0.1, -0.05) is 24.3 Å². The number of carboxylic acid groups (broad SMARTS) is 1. The molecule has 1 N–H and O–H groups in total. The second-order valence-electron chi connectivity index (χ2n) is 12.9. The lowest BCUT2D eigenvalue weighted by Gasteiger charge is -2.43. The molecule has 0 unspecified atom stereocenters. The first-order valence-electron chi connectivity index (χ1n) is 14.6. The molecule has 3 aliphatic rings. The fraction of sp³-hybridized carbons (Fsp3) is 0.562. The number of carbonyl (C=O) groups is 2. The summed E-state index contributed by atoms with van der Waals surface area (Å²) < 4.78 is 42.9. The van der Waals surface area contributed by atoms with Crippen LogP contribution in [-0.2, 0) is 28.9 Å². The molecule has 1 aliphatic carbocycles. The second kappa shape index (κ2) is 11.4. The minimum Gasteiger partial charge on any atom is -0.480 e. The highest BCUT2D eigenvalue weighted by atomic mass is 19.2. The van der Waals surface area contributed by atoms with Crippen molar-refractivity contribution >= 4 is 11.9 Å². The maximum Gasteiger partial charge on any atom is 0.321 e. The summed E-state index contributed by atoms with van der Waals surface area (Å²) >= 11 is 0. The van der Waals surface area contributed by atoms with E-state index in [0.29, 0.717) is 39.1 Å². The minimum absolute atomic E-state index is 0.0144. The number of aryl methyl sites for hydroxylation is 2. The van der Waals surface area contributed by atoms with Gasteiger partial charge in [0.05, 0.1) is 5.92 Å². The van der Waals surface area contributed by atoms with Crippen molar-refractivity contribution in [1.82, 2.24) is 14.7 Å². The molecule has 2 aromatic carbocycles. The summed E-state index contributed by atoms with van der Waals surface area (Å²) in [5, 5.41) is 10.1. The molecule has 2 saturated heterocycles. The van der Waals surface area contributed by atoms with Crippen LogP contribution in [0.1, 0.15) is 62.3 Å². The van der Waals surface area contributed by atoms with Crippen LogP contribution in [0.2, 0.25) is 0 Å². The molecule has 2 aliphatic heterocycles. The predicted octanol–water partition coefficient (Wildman–Crippen LogP) is 4.64. The van der Waals surface area contributed by atoms with Crippen molar-refractivity contribution < 1.29 is 27.9 Å². The standard InChI is InChI=1S/C32H40F3N3O3/c1-19-16-36(27(31(40)41)15-20-8-9-21-6-5-7-22(21)14-20)12-13-38(19)30(39)25-18-37(32(2,3)4)17-24(25)23-10-11-26(33)29(35)28(23)34/h8-11,14,19,24-25,27H,5-7,12-13,15-18H2,1-4H3,(H,40,41)/t19-,24-,25+,27-/m0/s1. The largest absolute Gasteiger partial charge is 0.480 e. The molecule has 0 bridgehead atoms. The van der Waals surface area contributed by atoms with E-state index in [0.717, 1.165) is 30.9 Å². The van der Waals surface area contributed by atoms with Gasteiger partial charge < -0.3 is 10.0 Å². The summed E-state index contributed by atoms with van der Waals surface area (Å²) in [4.78, 5) is 32.2. The van der Waals surface area contributed by atoms with Gasteiger partial charge in [-0.05, 0) is 81.7 Å². The number of fused-ring (bicyclic) bond motifs is 1. The van der Waals surface area contributed by atoms with Gasteiger partial charge in [0.25, 0.3) is 0 Å². The Morgan fingerprint density at radius 2 is 1.71 bits per heavy atom. The first kappa shape index (κ1) is 29.6. The Labute approximate surface area is 240 Å². The van der Waals surface area contributed by atoms with E-state index >= 15 is 0 Å². The molecule has 1 amide bonds. The number of carbonyl (C=O) groups excluding carboxylic acids is 1. The Morgan fingerprint density at radius 3 is 2.39 bits per heavy atom. The fourth-order valence-electron chi connectivity index (χ4n) is 6.90. The van der Waals surface area contributed by atoms with E-state index in [1.807, 2.05) is 38.7 Å². The van der Waals surface area contributed by atoms with Crippen LogP contribution in [0.15, 0.2) is 30.3 Å². The van der Waals surface area contributed by atoms with Crippen molar-refractivity contribution in [2.45, 2.75) is 76.9 Å². The molecule has 2 heterocycles. The average Bonchev–Trinajstić information content (AvgIpc) is 3.57. The van der Waals surface area contributed by atoms with E-state index in [1.165, 1.54) is 17.2 Å². The number of benzene rings is 2. The van der Waals surface area contributed by atoms with Crippen molar-refractivity contribution in [1.29, 1.82) is 0 Å². The Morgan fingerprint density at radius 1 is 0.976 bits per heavy atom. The normalized spacial score (nSPS) is 24.5. The Balaban J connectivity index is 1.32. The SMILES string of the molecule is C[C@H]1CN([C@@H](Cc2ccc3c(c2)CCC3)C(=O)O)CCN1C(=O)[C@@H]1CN(C(C)(C)C)C[C@H]1c1ccc(F)c(F)c1F. The number of piperazine rings is 1. The van der Waals surface area contributed by atoms with Gasteiger partial charge in [0.1, 0.15) is 6.04 Å². The van der Waals surface area contributed by atoms with Crippen LogP contribution in [0.4, 0.5) is 13.2 Å². The smallest absolute Gasteiger partial charge is 0.321 e. The van der Waals surface area contributed by atoms with Gasteiger partial charge in [0, 0.05) is 50.2 Å². The highest BCUT2D eigenvalue weighted by molar-refractivity contribution is 5.81. The lowest BCUT2D eigenvalue weighted by Crippen LogP contribution is -2.59. The molecule has 2 fully saturated rings. The van der Waals surface area contributed by atoms with Gasteiger partial charge in [-0.25, -0.2) is 13.2 Å². The summed E-state index contributed by atoms with van der Waals surface area (Å²) in [7, 11) is 0. The second-order valence-corrected chi connectivity index (χ2v) is 12.9. The molecule has 2 aromatic rings. The van der Waals surface area contributed by atoms with Crippen molar-refractivity contribution in [3.8, 4) is 0 Å². The summed E-state index contributed by atoms with van der Waals surface area (Å²) in [5.74, 6) is -6.33. The van der Waals surface area contributed by atoms with E-state index in [4.69, 9.17) is 0 Å². The number of carboxylic acids is 1. The molecule has 222 valence electrons. The minimum atomic E-state index is -1.52. The monoisotopic (exact) mass is 571 g/mol. The molecule has 0 radical (unpaired) electrons. The molecular weight excluding hydrogens is 531 g/mol. The van der Waals surface area contributed by atoms with Crippen LogP contribution in [0.3, 0.4) is 0 Å². The van der Waals surface area contributed by atoms with Crippen molar-refractivity contribution in [3.63, 3.8) is 0 Å². The Kier molecular flexibility index (Phi) is 8.23. The zero-order chi connectivity index (χ0) is 29.6. The van der Waals surface area contributed by atoms with Crippen molar-refractivity contribution in [2.24, 2.45) is 5.92 Å². The Bertz CT molecular complexity index is 1330. The maximum atomic E-state index is 14.9. The number of hydrogen-bond acceptors (Lipinski definition) is 4. The lowest BCUT2D eigenvalue weighted by molar-refractivity contribution is -0.147. The third kappa shape index (κ3) is 5.89. The van der Waals surface area contributed by atoms with E-state index in [-0.39, 0.29) is 23.1 Å². The predicted molar refractivity (Wildman–Crippen MR) is 150 cm³/mol. The molecule has 41 heavy (non-hydrogen) atoms. The van der Waals surface area contributed by atoms with Crippen LogP contribution >= 0.6 is 0 Å². The molecule has 0 saturated carbocycles. The van der Waals surface area contributed by atoms with Crippen LogP contribution in [0.25, 0.3) is 0 Å². The first-order chi connectivity index (χ1) is 19.3. The molecule has 0 spiro atoms. The van der Waals surface area contributed by atoms with Crippen LogP contribution < -0.4 is 0 Å². The molecule has 9 heteroatoms. The van der Waals surface area contributed by atoms with Gasteiger partial charge in [-0.2, -0.15) is 0 Å². The molecule has 4 atom stereocenters. The number of nitrogens with zero attached hydrogens (tertiary/aromatic N) is 3. The number of rotatable bonds is 6. The highest BCUT2D eigenvalue weighted by Crippen LogP contribution is 2.39. The topological polar surface area (TPSA) is 64.1 Å². The number of amides is 1. The highest BCUT2D eigenvalue weighted by Gasteiger charge is 2.46. The molecule has 5 rings (SSSR count). The van der Waals surface area contributed by atoms with Gasteiger partial charge >= 0.3 is 5.97 Å². The summed E-state index contributed by atoms with van der Waals surface area (Å²) in [6, 6.07) is 7.48. The molecule has 0 aromatic heterocycles. The summed E-state index contributed by atoms with van der Waals surface area (Å²) in [6.45, 7) is 9.78. The third-order valence-corrected chi connectivity index (χ3v) is 9.31. The van der Waals surface area contributed by atoms with E-state index < -0.39 is 41.3 Å². The van der Waals surface area contributed by atoms with Crippen molar-refractivity contribution in [3.05, 3.63) is 70.0 Å². The average molecular weight is 572 g/mol. The zero-order valence-electron chi connectivity index (χ0n) is 24.3. The molecule has 6 nitrogen and oxygen atoms in total. The van der Waals surface area contributed by atoms with Gasteiger partial charge in [0.15, 0.2) is 17.5 Å². The van der Waals surface area contributed by atoms with E-state index in [9.17, 15) is 27.9 Å². The Hall–Kier alpha value is -2.91. The number of halogens is 3. The lowest BCUT2D eigenvalue weighted by atomic mass is 9.87. The zero-order valence-corrected chi connectivity index (χ0v) is 24.3. The number of aliphatic carboxylic acids is 1. The summed E-state index contributed by atoms with van der Waals surface area (Å²) in [5.41, 5.74) is 3.37. The van der Waals surface area contributed by atoms with Gasteiger partial charge in [-0.15, -0.1) is 0 Å². The quantitative estimate of drug-likeness (QED) is 0.513. The fourth-order valence-corrected chi connectivity index (χ4v) is 6.90. The number of likely N-dealkylation sites (tertiary alicyclic amines) is 1. The van der Waals surface area contributed by atoms with Crippen LogP contribution in [0.5, 0.6) is 0 Å². The van der Waals surface area contributed by atoms with E-state index in [2.05, 4.69) is 17.0 Å². The van der Waals surface area contributed by atoms with Crippen LogP contribution in [-0.4, -0.2) is 82.0 Å². The van der Waals surface area contributed by atoms with Gasteiger partial charge in [0.2, 0.25) is 5.91 Å². The molecular formula is C32H40F3N3O3. The van der Waals surface area contributed by atoms with Crippen LogP contribution in [0, 0.1) is 23.4 Å². The number of hydrogen-bond donors (Lipinski definition) is 1. The van der Waals surface area contributed by atoms with Crippen molar-refractivity contribution in [2.75, 3.05) is 32.7 Å².